The van der Waals surface area contributed by atoms with E-state index in [0.717, 1.165) is 5.01 Å². The van der Waals surface area contributed by atoms with Crippen LogP contribution in [0.25, 0.3) is 0 Å². The number of thiocarbonyl (C=S) groups is 1. The van der Waals surface area contributed by atoms with Crippen LogP contribution in [0.5, 0.6) is 0 Å². The third-order valence-corrected chi connectivity index (χ3v) is 3.32. The van der Waals surface area contributed by atoms with Gasteiger partial charge in [-0.1, -0.05) is 24.3 Å². The van der Waals surface area contributed by atoms with Crippen molar-refractivity contribution < 1.29 is 14.0 Å². The van der Waals surface area contributed by atoms with Gasteiger partial charge in [0.2, 0.25) is 0 Å². The number of nitrogens with one attached hydrogen (secondary N) is 2. The van der Waals surface area contributed by atoms with Crippen LogP contribution in [0.2, 0.25) is 0 Å². The molecule has 0 radical (unpaired) electrons. The minimum atomic E-state index is -0.502. The van der Waals surface area contributed by atoms with Gasteiger partial charge in [0, 0.05) is 0 Å². The molecule has 0 aromatic heterocycles. The van der Waals surface area contributed by atoms with Crippen LogP contribution in [0.3, 0.4) is 0 Å². The summed E-state index contributed by atoms with van der Waals surface area (Å²) in [6.07, 6.45) is 0. The summed E-state index contributed by atoms with van der Waals surface area (Å²) in [5, 5.41) is 3.35. The quantitative estimate of drug-likeness (QED) is 0.658. The first-order chi connectivity index (χ1) is 10.6. The van der Waals surface area contributed by atoms with Gasteiger partial charge in [0.05, 0.1) is 16.8 Å². The van der Waals surface area contributed by atoms with Gasteiger partial charge in [0.15, 0.2) is 5.11 Å². The molecule has 0 saturated carbocycles. The van der Waals surface area contributed by atoms with Crippen LogP contribution in [0.1, 0.15) is 20.7 Å². The van der Waals surface area contributed by atoms with E-state index in [1.807, 2.05) is 0 Å². The summed E-state index contributed by atoms with van der Waals surface area (Å²) in [5.74, 6) is -1.49. The van der Waals surface area contributed by atoms with Crippen molar-refractivity contribution in [2.75, 3.05) is 5.32 Å². The van der Waals surface area contributed by atoms with Crippen molar-refractivity contribution in [3.8, 4) is 0 Å². The zero-order chi connectivity index (χ0) is 15.7. The van der Waals surface area contributed by atoms with Gasteiger partial charge in [-0.3, -0.25) is 15.0 Å². The van der Waals surface area contributed by atoms with Crippen LogP contribution in [0, 0.1) is 5.82 Å². The molecule has 0 atom stereocenters. The third-order valence-electron chi connectivity index (χ3n) is 3.13. The molecule has 110 valence electrons. The van der Waals surface area contributed by atoms with Crippen LogP contribution in [-0.4, -0.2) is 21.9 Å². The average Bonchev–Trinajstić information content (AvgIpc) is 2.75. The monoisotopic (exact) mass is 315 g/mol. The predicted molar refractivity (Wildman–Crippen MR) is 82.7 cm³/mol. The Kier molecular flexibility index (Phi) is 3.56. The molecule has 1 aliphatic rings. The lowest BCUT2D eigenvalue weighted by Gasteiger charge is -2.18. The maximum Gasteiger partial charge on any atom is 0.280 e. The molecule has 0 saturated heterocycles. The van der Waals surface area contributed by atoms with Gasteiger partial charge < -0.3 is 5.32 Å². The molecule has 22 heavy (non-hydrogen) atoms. The van der Waals surface area contributed by atoms with Gasteiger partial charge >= 0.3 is 0 Å². The zero-order valence-corrected chi connectivity index (χ0v) is 12.0. The van der Waals surface area contributed by atoms with E-state index in [2.05, 4.69) is 10.7 Å². The first-order valence-corrected chi connectivity index (χ1v) is 6.79. The molecule has 5 nitrogen and oxygen atoms in total. The fourth-order valence-corrected chi connectivity index (χ4v) is 2.31. The second kappa shape index (κ2) is 5.53. The Morgan fingerprint density at radius 2 is 1.50 bits per heavy atom. The van der Waals surface area contributed by atoms with E-state index in [9.17, 15) is 14.0 Å². The second-order valence-electron chi connectivity index (χ2n) is 4.54. The molecular weight excluding hydrogens is 305 g/mol. The Labute approximate surface area is 130 Å². The number of hydrogen-bond donors (Lipinski definition) is 2. The number of fused-ring (bicyclic) bond motifs is 1. The number of para-hydroxylation sites is 1. The van der Waals surface area contributed by atoms with E-state index in [4.69, 9.17) is 12.2 Å². The van der Waals surface area contributed by atoms with Crippen molar-refractivity contribution in [2.45, 2.75) is 0 Å². The van der Waals surface area contributed by atoms with Crippen molar-refractivity contribution in [1.29, 1.82) is 0 Å². The molecule has 7 heteroatoms. The molecule has 0 spiro atoms. The lowest BCUT2D eigenvalue weighted by atomic mass is 10.1. The second-order valence-corrected chi connectivity index (χ2v) is 4.95. The summed E-state index contributed by atoms with van der Waals surface area (Å²) in [5.41, 5.74) is 3.24. The van der Waals surface area contributed by atoms with Crippen molar-refractivity contribution in [3.05, 3.63) is 65.5 Å². The summed E-state index contributed by atoms with van der Waals surface area (Å²) >= 11 is 5.01. The number of amides is 2. The first kappa shape index (κ1) is 14.2. The van der Waals surface area contributed by atoms with Crippen molar-refractivity contribution in [3.63, 3.8) is 0 Å². The number of carbonyl (C=O) groups is 2. The molecule has 2 aromatic rings. The highest BCUT2D eigenvalue weighted by Gasteiger charge is 2.36. The molecule has 3 rings (SSSR count). The maximum atomic E-state index is 13.5. The van der Waals surface area contributed by atoms with Crippen LogP contribution >= 0.6 is 12.2 Å². The van der Waals surface area contributed by atoms with Crippen LogP contribution in [0.4, 0.5) is 10.1 Å². The Morgan fingerprint density at radius 1 is 0.955 bits per heavy atom. The fraction of sp³-hybridized carbons (Fsp3) is 0. The summed E-state index contributed by atoms with van der Waals surface area (Å²) in [6, 6.07) is 12.4. The molecule has 2 N–H and O–H groups in total. The molecule has 0 bridgehead atoms. The third kappa shape index (κ3) is 2.42. The molecule has 1 heterocycles. The van der Waals surface area contributed by atoms with E-state index < -0.39 is 17.6 Å². The maximum absolute atomic E-state index is 13.5. The Hall–Kier alpha value is -2.80. The van der Waals surface area contributed by atoms with Gasteiger partial charge in [-0.15, -0.1) is 0 Å². The van der Waals surface area contributed by atoms with Crippen LogP contribution in [-0.2, 0) is 0 Å². The van der Waals surface area contributed by atoms with Gasteiger partial charge in [-0.05, 0) is 36.5 Å². The lowest BCUT2D eigenvalue weighted by Crippen LogP contribution is -2.47. The standard InChI is InChI=1S/C15H10FN3O2S/c16-11-7-3-4-8-12(11)17-15(22)18-19-13(20)9-5-1-2-6-10(9)14(19)21/h1-8H,(H2,17,18,22). The largest absolute Gasteiger partial charge is 0.329 e. The summed E-state index contributed by atoms with van der Waals surface area (Å²) in [4.78, 5) is 24.3. The number of hydrogen-bond acceptors (Lipinski definition) is 3. The summed E-state index contributed by atoms with van der Waals surface area (Å²) < 4.78 is 13.5. The van der Waals surface area contributed by atoms with Gasteiger partial charge in [0.25, 0.3) is 11.8 Å². The minimum Gasteiger partial charge on any atom is -0.329 e. The Bertz CT molecular complexity index is 759. The molecule has 0 unspecified atom stereocenters. The van der Waals surface area contributed by atoms with Crippen LogP contribution < -0.4 is 10.7 Å². The molecular formula is C15H10FN3O2S. The number of halogens is 1. The number of hydrazine groups is 1. The summed E-state index contributed by atoms with van der Waals surface area (Å²) in [6.45, 7) is 0. The Balaban J connectivity index is 1.75. The normalized spacial score (nSPS) is 13.0. The lowest BCUT2D eigenvalue weighted by molar-refractivity contribution is 0.0613. The SMILES string of the molecule is O=C1c2ccccc2C(=O)N1NC(=S)Nc1ccccc1F. The van der Waals surface area contributed by atoms with Crippen molar-refractivity contribution >= 4 is 34.8 Å². The van der Waals surface area contributed by atoms with E-state index in [0.29, 0.717) is 11.1 Å². The molecule has 1 aliphatic heterocycles. The molecule has 0 fully saturated rings. The van der Waals surface area contributed by atoms with E-state index in [-0.39, 0.29) is 10.8 Å². The highest BCUT2D eigenvalue weighted by molar-refractivity contribution is 7.80. The van der Waals surface area contributed by atoms with Crippen LogP contribution in [0.15, 0.2) is 48.5 Å². The van der Waals surface area contributed by atoms with Gasteiger partial charge in [-0.2, -0.15) is 5.01 Å². The number of carbonyl (C=O) groups excluding carboxylic acids is 2. The minimum absolute atomic E-state index is 0.0559. The first-order valence-electron chi connectivity index (χ1n) is 6.38. The van der Waals surface area contributed by atoms with Gasteiger partial charge in [-0.25, -0.2) is 4.39 Å². The number of imide groups is 1. The average molecular weight is 315 g/mol. The van der Waals surface area contributed by atoms with E-state index >= 15 is 0 Å². The molecule has 0 aliphatic carbocycles. The Morgan fingerprint density at radius 3 is 2.09 bits per heavy atom. The van der Waals surface area contributed by atoms with Gasteiger partial charge in [0.1, 0.15) is 5.82 Å². The van der Waals surface area contributed by atoms with E-state index in [1.165, 1.54) is 12.1 Å². The highest BCUT2D eigenvalue weighted by Crippen LogP contribution is 2.21. The smallest absolute Gasteiger partial charge is 0.280 e. The number of benzene rings is 2. The van der Waals surface area contributed by atoms with E-state index in [1.54, 1.807) is 36.4 Å². The number of rotatable bonds is 2. The number of anilines is 1. The highest BCUT2D eigenvalue weighted by atomic mass is 32.1. The zero-order valence-electron chi connectivity index (χ0n) is 11.2. The van der Waals surface area contributed by atoms with Crippen molar-refractivity contribution in [2.24, 2.45) is 0 Å². The predicted octanol–water partition coefficient (Wildman–Crippen LogP) is 2.32. The number of nitrogens with zero attached hydrogens (tertiary/aromatic N) is 1. The van der Waals surface area contributed by atoms with Crippen molar-refractivity contribution in [1.82, 2.24) is 10.4 Å². The topological polar surface area (TPSA) is 61.4 Å². The molecule has 2 aromatic carbocycles. The fourth-order valence-electron chi connectivity index (χ4n) is 2.11. The summed E-state index contributed by atoms with van der Waals surface area (Å²) in [7, 11) is 0. The molecule has 2 amide bonds.